The van der Waals surface area contributed by atoms with Crippen LogP contribution in [0.15, 0.2) is 42.5 Å². The van der Waals surface area contributed by atoms with Gasteiger partial charge in [0.1, 0.15) is 0 Å². The second kappa shape index (κ2) is 8.74. The molecule has 0 aromatic heterocycles. The number of amides is 2. The van der Waals surface area contributed by atoms with Crippen molar-refractivity contribution in [2.75, 3.05) is 26.3 Å². The normalized spacial score (nSPS) is 17.0. The molecule has 0 radical (unpaired) electrons. The third kappa shape index (κ3) is 4.48. The third-order valence-corrected chi connectivity index (χ3v) is 5.43. The minimum atomic E-state index is -0.319. The summed E-state index contributed by atoms with van der Waals surface area (Å²) in [5, 5.41) is 3.41. The molecule has 1 N–H and O–H groups in total. The number of halogens is 1. The van der Waals surface area contributed by atoms with E-state index in [4.69, 9.17) is 21.1 Å². The molecule has 2 aromatic carbocycles. The Kier molecular flexibility index (Phi) is 5.90. The molecule has 29 heavy (non-hydrogen) atoms. The molecule has 2 aromatic rings. The summed E-state index contributed by atoms with van der Waals surface area (Å²) in [6, 6.07) is 12.6. The maximum Gasteiger partial charge on any atom is 0.252 e. The van der Waals surface area contributed by atoms with Gasteiger partial charge in [0, 0.05) is 31.5 Å². The van der Waals surface area contributed by atoms with Crippen LogP contribution in [-0.2, 0) is 4.79 Å². The molecule has 2 aliphatic rings. The van der Waals surface area contributed by atoms with Gasteiger partial charge in [0.2, 0.25) is 5.91 Å². The molecule has 0 aliphatic carbocycles. The van der Waals surface area contributed by atoms with E-state index in [1.807, 2.05) is 30.3 Å². The summed E-state index contributed by atoms with van der Waals surface area (Å²) in [4.78, 5) is 26.9. The van der Waals surface area contributed by atoms with Crippen LogP contribution in [0.25, 0.3) is 0 Å². The van der Waals surface area contributed by atoms with E-state index in [0.29, 0.717) is 54.8 Å². The lowest BCUT2D eigenvalue weighted by Gasteiger charge is -2.25. The highest BCUT2D eigenvalue weighted by atomic mass is 35.5. The first-order valence-corrected chi connectivity index (χ1v) is 10.2. The number of hydrogen-bond acceptors (Lipinski definition) is 4. The molecule has 0 spiro atoms. The zero-order valence-electron chi connectivity index (χ0n) is 16.0. The van der Waals surface area contributed by atoms with Gasteiger partial charge in [-0.2, -0.15) is 0 Å². The van der Waals surface area contributed by atoms with E-state index in [2.05, 4.69) is 5.32 Å². The highest BCUT2D eigenvalue weighted by Crippen LogP contribution is 2.38. The van der Waals surface area contributed by atoms with Crippen molar-refractivity contribution in [3.8, 4) is 11.5 Å². The Bertz CT molecular complexity index is 903. The fraction of sp³-hybridized carbons (Fsp3) is 0.364. The molecule has 152 valence electrons. The molecule has 0 saturated carbocycles. The van der Waals surface area contributed by atoms with Crippen LogP contribution >= 0.6 is 11.6 Å². The monoisotopic (exact) mass is 414 g/mol. The first kappa shape index (κ1) is 19.6. The number of benzene rings is 2. The second-order valence-corrected chi connectivity index (χ2v) is 7.62. The third-order valence-electron chi connectivity index (χ3n) is 5.15. The Balaban J connectivity index is 1.57. The smallest absolute Gasteiger partial charge is 0.252 e. The zero-order valence-corrected chi connectivity index (χ0v) is 16.8. The van der Waals surface area contributed by atoms with E-state index in [1.165, 1.54) is 0 Å². The van der Waals surface area contributed by atoms with Crippen LogP contribution in [-0.4, -0.2) is 43.0 Å². The lowest BCUT2D eigenvalue weighted by Crippen LogP contribution is -2.38. The number of carbonyl (C=O) groups is 2. The van der Waals surface area contributed by atoms with Gasteiger partial charge in [-0.05, 0) is 24.1 Å². The summed E-state index contributed by atoms with van der Waals surface area (Å²) in [5.41, 5.74) is 1.34. The minimum absolute atomic E-state index is 0.124. The van der Waals surface area contributed by atoms with Crippen molar-refractivity contribution in [2.24, 2.45) is 0 Å². The molecule has 1 atom stereocenters. The molecule has 1 fully saturated rings. The van der Waals surface area contributed by atoms with Crippen LogP contribution in [0.5, 0.6) is 11.5 Å². The average Bonchev–Trinajstić information content (AvgIpc) is 2.98. The molecule has 2 aliphatic heterocycles. The number of hydrogen-bond donors (Lipinski definition) is 1. The van der Waals surface area contributed by atoms with Crippen LogP contribution in [0.3, 0.4) is 0 Å². The molecular formula is C22H23ClN2O4. The Morgan fingerprint density at radius 1 is 1.14 bits per heavy atom. The highest BCUT2D eigenvalue weighted by molar-refractivity contribution is 6.32. The van der Waals surface area contributed by atoms with Crippen molar-refractivity contribution >= 4 is 23.4 Å². The SMILES string of the molecule is O=C(N[C@H](CN1CCCC1=O)c1ccccc1)c1cc(Cl)c2c(c1)OCCCO2. The fourth-order valence-electron chi connectivity index (χ4n) is 3.64. The molecule has 6 nitrogen and oxygen atoms in total. The Morgan fingerprint density at radius 2 is 1.93 bits per heavy atom. The molecule has 7 heteroatoms. The van der Waals surface area contributed by atoms with E-state index in [-0.39, 0.29) is 17.9 Å². The predicted molar refractivity (Wildman–Crippen MR) is 110 cm³/mol. The van der Waals surface area contributed by atoms with E-state index in [9.17, 15) is 9.59 Å². The second-order valence-electron chi connectivity index (χ2n) is 7.22. The van der Waals surface area contributed by atoms with Crippen LogP contribution in [0.4, 0.5) is 0 Å². The van der Waals surface area contributed by atoms with Crippen molar-refractivity contribution in [2.45, 2.75) is 25.3 Å². The largest absolute Gasteiger partial charge is 0.489 e. The molecule has 0 unspecified atom stereocenters. The number of rotatable bonds is 5. The summed E-state index contributed by atoms with van der Waals surface area (Å²) >= 11 is 6.34. The molecule has 4 rings (SSSR count). The van der Waals surface area contributed by atoms with E-state index in [0.717, 1.165) is 18.4 Å². The van der Waals surface area contributed by atoms with Gasteiger partial charge in [-0.15, -0.1) is 0 Å². The van der Waals surface area contributed by atoms with Gasteiger partial charge in [0.25, 0.3) is 5.91 Å². The fourth-order valence-corrected chi connectivity index (χ4v) is 3.91. The average molecular weight is 415 g/mol. The molecular weight excluding hydrogens is 392 g/mol. The minimum Gasteiger partial charge on any atom is -0.489 e. The Hall–Kier alpha value is -2.73. The van der Waals surface area contributed by atoms with E-state index >= 15 is 0 Å². The summed E-state index contributed by atoms with van der Waals surface area (Å²) in [7, 11) is 0. The van der Waals surface area contributed by atoms with Gasteiger partial charge in [0.15, 0.2) is 11.5 Å². The summed E-state index contributed by atoms with van der Waals surface area (Å²) in [6.45, 7) is 2.19. The van der Waals surface area contributed by atoms with Crippen LogP contribution in [0.1, 0.15) is 41.2 Å². The van der Waals surface area contributed by atoms with E-state index < -0.39 is 0 Å². The lowest BCUT2D eigenvalue weighted by atomic mass is 10.1. The van der Waals surface area contributed by atoms with Crippen molar-refractivity contribution < 1.29 is 19.1 Å². The predicted octanol–water partition coefficient (Wildman–Crippen LogP) is 3.59. The number of nitrogens with one attached hydrogen (secondary N) is 1. The van der Waals surface area contributed by atoms with Crippen LogP contribution < -0.4 is 14.8 Å². The van der Waals surface area contributed by atoms with Crippen molar-refractivity contribution in [3.05, 3.63) is 58.6 Å². The molecule has 2 heterocycles. The zero-order chi connectivity index (χ0) is 20.2. The van der Waals surface area contributed by atoms with Crippen molar-refractivity contribution in [3.63, 3.8) is 0 Å². The van der Waals surface area contributed by atoms with E-state index in [1.54, 1.807) is 17.0 Å². The van der Waals surface area contributed by atoms with Gasteiger partial charge in [-0.25, -0.2) is 0 Å². The number of fused-ring (bicyclic) bond motifs is 1. The standard InChI is InChI=1S/C22H23ClN2O4/c23-17-12-16(13-19-21(17)29-11-5-10-28-19)22(27)24-18(15-6-2-1-3-7-15)14-25-9-4-8-20(25)26/h1-3,6-7,12-13,18H,4-5,8-11,14H2,(H,24,27)/t18-/m1/s1. The van der Waals surface area contributed by atoms with Gasteiger partial charge in [-0.1, -0.05) is 41.9 Å². The Morgan fingerprint density at radius 3 is 2.69 bits per heavy atom. The number of ether oxygens (including phenoxy) is 2. The Labute approximate surface area is 174 Å². The summed E-state index contributed by atoms with van der Waals surface area (Å²) in [5.74, 6) is 0.802. The van der Waals surface area contributed by atoms with Gasteiger partial charge >= 0.3 is 0 Å². The number of nitrogens with zero attached hydrogens (tertiary/aromatic N) is 1. The van der Waals surface area contributed by atoms with Crippen molar-refractivity contribution in [1.29, 1.82) is 0 Å². The topological polar surface area (TPSA) is 67.9 Å². The van der Waals surface area contributed by atoms with Gasteiger partial charge in [0.05, 0.1) is 24.3 Å². The maximum atomic E-state index is 13.0. The summed E-state index contributed by atoms with van der Waals surface area (Å²) < 4.78 is 11.3. The molecule has 1 saturated heterocycles. The van der Waals surface area contributed by atoms with Crippen molar-refractivity contribution in [1.82, 2.24) is 10.2 Å². The molecule has 0 bridgehead atoms. The maximum absolute atomic E-state index is 13.0. The quantitative estimate of drug-likeness (QED) is 0.811. The lowest BCUT2D eigenvalue weighted by molar-refractivity contribution is -0.128. The van der Waals surface area contributed by atoms with Gasteiger partial charge < -0.3 is 19.7 Å². The summed E-state index contributed by atoms with van der Waals surface area (Å²) in [6.07, 6.45) is 2.17. The van der Waals surface area contributed by atoms with Crippen LogP contribution in [0, 0.1) is 0 Å². The number of likely N-dealkylation sites (tertiary alicyclic amines) is 1. The van der Waals surface area contributed by atoms with Gasteiger partial charge in [-0.3, -0.25) is 9.59 Å². The first-order valence-electron chi connectivity index (χ1n) is 9.84. The highest BCUT2D eigenvalue weighted by Gasteiger charge is 2.26. The molecule has 2 amide bonds. The van der Waals surface area contributed by atoms with Crippen LogP contribution in [0.2, 0.25) is 5.02 Å². The first-order chi connectivity index (χ1) is 14.1. The number of carbonyl (C=O) groups excluding carboxylic acids is 2.